The Balaban J connectivity index is 1.44. The highest BCUT2D eigenvalue weighted by molar-refractivity contribution is 5.71. The molecule has 130 valence electrons. The van der Waals surface area contributed by atoms with Gasteiger partial charge in [-0.2, -0.15) is 10.2 Å². The summed E-state index contributed by atoms with van der Waals surface area (Å²) >= 11 is 0. The summed E-state index contributed by atoms with van der Waals surface area (Å²) in [4.78, 5) is 9.19. The Labute approximate surface area is 145 Å². The quantitative estimate of drug-likeness (QED) is 0.759. The second kappa shape index (κ2) is 5.52. The van der Waals surface area contributed by atoms with E-state index in [4.69, 9.17) is 9.72 Å². The molecule has 3 aliphatic rings. The van der Waals surface area contributed by atoms with Crippen molar-refractivity contribution in [3.8, 4) is 0 Å². The highest BCUT2D eigenvalue weighted by Gasteiger charge is 2.42. The molecule has 2 aliphatic heterocycles. The Kier molecular flexibility index (Phi) is 3.27. The van der Waals surface area contributed by atoms with E-state index in [1.165, 1.54) is 12.8 Å². The Morgan fingerprint density at radius 2 is 2.20 bits per heavy atom. The van der Waals surface area contributed by atoms with Gasteiger partial charge in [-0.15, -0.1) is 0 Å². The Morgan fingerprint density at radius 1 is 1.32 bits per heavy atom. The molecule has 2 bridgehead atoms. The molecule has 0 unspecified atom stereocenters. The minimum Gasteiger partial charge on any atom is -0.378 e. The van der Waals surface area contributed by atoms with E-state index < -0.39 is 0 Å². The lowest BCUT2D eigenvalue weighted by Crippen LogP contribution is -2.45. The maximum atomic E-state index is 5.94. The van der Waals surface area contributed by atoms with E-state index in [1.54, 1.807) is 12.4 Å². The summed E-state index contributed by atoms with van der Waals surface area (Å²) < 4.78 is 7.93. The Hall–Kier alpha value is -2.48. The largest absolute Gasteiger partial charge is 0.378 e. The van der Waals surface area contributed by atoms with Crippen LogP contribution >= 0.6 is 0 Å². The number of ether oxygens (including phenoxy) is 1. The first-order valence-corrected chi connectivity index (χ1v) is 8.78. The van der Waals surface area contributed by atoms with Crippen LogP contribution in [0.15, 0.2) is 18.5 Å². The molecule has 1 saturated carbocycles. The first-order valence-electron chi connectivity index (χ1n) is 8.78. The van der Waals surface area contributed by atoms with Gasteiger partial charge in [-0.3, -0.25) is 5.10 Å². The number of hydrogen-bond donors (Lipinski definition) is 2. The van der Waals surface area contributed by atoms with E-state index in [0.29, 0.717) is 11.9 Å². The zero-order chi connectivity index (χ0) is 16.9. The van der Waals surface area contributed by atoms with Crippen LogP contribution in [0.3, 0.4) is 0 Å². The Morgan fingerprint density at radius 3 is 2.92 bits per heavy atom. The number of nitrogens with zero attached hydrogens (tertiary/aromatic N) is 5. The second-order valence-electron chi connectivity index (χ2n) is 7.34. The first-order chi connectivity index (χ1) is 12.2. The van der Waals surface area contributed by atoms with Crippen LogP contribution in [-0.2, 0) is 11.3 Å². The summed E-state index contributed by atoms with van der Waals surface area (Å²) in [5.74, 6) is 1.40. The Bertz CT molecular complexity index is 893. The standard InChI is InChI=1S/C17H21N7O/c1-11-6-14(23-22-11)20-15-8-18-13-7-19-24(16(13)21-15)9-17-4-2-12(3-5-17)25-10-17/h6-8,12H,2-5,9-10H2,1H3,(H2,20,21,22,23). The predicted octanol–water partition coefficient (Wildman–Crippen LogP) is 2.56. The molecule has 0 radical (unpaired) electrons. The van der Waals surface area contributed by atoms with Crippen LogP contribution in [0, 0.1) is 12.3 Å². The molecule has 25 heavy (non-hydrogen) atoms. The van der Waals surface area contributed by atoms with Gasteiger partial charge in [0.15, 0.2) is 17.3 Å². The SMILES string of the molecule is Cc1cc(Nc2cnc3cnn(CC45CCC(CC4)OC5)c3n2)n[nH]1. The van der Waals surface area contributed by atoms with Crippen molar-refractivity contribution in [1.82, 2.24) is 29.9 Å². The maximum absolute atomic E-state index is 5.94. The molecular weight excluding hydrogens is 318 g/mol. The van der Waals surface area contributed by atoms with Crippen molar-refractivity contribution in [1.29, 1.82) is 0 Å². The van der Waals surface area contributed by atoms with Crippen molar-refractivity contribution < 1.29 is 4.74 Å². The number of aromatic nitrogens is 6. The van der Waals surface area contributed by atoms with Crippen molar-refractivity contribution in [2.24, 2.45) is 5.41 Å². The lowest BCUT2D eigenvalue weighted by atomic mass is 9.71. The maximum Gasteiger partial charge on any atom is 0.178 e. The molecule has 3 aromatic rings. The van der Waals surface area contributed by atoms with Crippen LogP contribution in [0.4, 0.5) is 11.6 Å². The van der Waals surface area contributed by atoms with E-state index in [1.807, 2.05) is 17.7 Å². The number of H-pyrrole nitrogens is 1. The summed E-state index contributed by atoms with van der Waals surface area (Å²) in [6.07, 6.45) is 8.71. The van der Waals surface area contributed by atoms with Gasteiger partial charge in [0, 0.05) is 17.2 Å². The second-order valence-corrected chi connectivity index (χ2v) is 7.34. The monoisotopic (exact) mass is 339 g/mol. The predicted molar refractivity (Wildman–Crippen MR) is 92.6 cm³/mol. The summed E-state index contributed by atoms with van der Waals surface area (Å²) in [6, 6.07) is 1.93. The smallest absolute Gasteiger partial charge is 0.178 e. The van der Waals surface area contributed by atoms with Crippen LogP contribution < -0.4 is 5.32 Å². The van der Waals surface area contributed by atoms with Crippen molar-refractivity contribution in [3.05, 3.63) is 24.2 Å². The molecule has 6 rings (SSSR count). The molecule has 0 aromatic carbocycles. The molecule has 2 saturated heterocycles. The van der Waals surface area contributed by atoms with Gasteiger partial charge in [0.05, 0.1) is 31.6 Å². The van der Waals surface area contributed by atoms with Gasteiger partial charge in [-0.05, 0) is 32.6 Å². The normalized spacial score (nSPS) is 25.6. The molecule has 0 spiro atoms. The van der Waals surface area contributed by atoms with E-state index in [9.17, 15) is 0 Å². The zero-order valence-corrected chi connectivity index (χ0v) is 14.2. The average molecular weight is 339 g/mol. The molecular formula is C17H21N7O. The fourth-order valence-electron chi connectivity index (χ4n) is 3.97. The van der Waals surface area contributed by atoms with Gasteiger partial charge in [0.2, 0.25) is 0 Å². The minimum absolute atomic E-state index is 0.193. The first kappa shape index (κ1) is 14.8. The number of hydrogen-bond acceptors (Lipinski definition) is 6. The van der Waals surface area contributed by atoms with E-state index in [2.05, 4.69) is 25.6 Å². The van der Waals surface area contributed by atoms with Gasteiger partial charge in [0.25, 0.3) is 0 Å². The van der Waals surface area contributed by atoms with Gasteiger partial charge in [0.1, 0.15) is 5.52 Å². The molecule has 3 fully saturated rings. The molecule has 5 heterocycles. The van der Waals surface area contributed by atoms with Gasteiger partial charge in [-0.25, -0.2) is 14.6 Å². The summed E-state index contributed by atoms with van der Waals surface area (Å²) in [7, 11) is 0. The van der Waals surface area contributed by atoms with Crippen molar-refractivity contribution in [2.45, 2.75) is 45.3 Å². The van der Waals surface area contributed by atoms with Crippen LogP contribution in [-0.4, -0.2) is 42.7 Å². The fraction of sp³-hybridized carbons (Fsp3) is 0.529. The summed E-state index contributed by atoms with van der Waals surface area (Å²) in [6.45, 7) is 3.63. The average Bonchev–Trinajstić information content (AvgIpc) is 3.22. The van der Waals surface area contributed by atoms with Crippen molar-refractivity contribution in [2.75, 3.05) is 11.9 Å². The molecule has 8 nitrogen and oxygen atoms in total. The molecule has 0 amide bonds. The molecule has 1 aliphatic carbocycles. The van der Waals surface area contributed by atoms with Crippen molar-refractivity contribution in [3.63, 3.8) is 0 Å². The van der Waals surface area contributed by atoms with Gasteiger partial charge < -0.3 is 10.1 Å². The van der Waals surface area contributed by atoms with Crippen LogP contribution in [0.25, 0.3) is 11.2 Å². The minimum atomic E-state index is 0.193. The lowest BCUT2D eigenvalue weighted by molar-refractivity contribution is -0.121. The third-order valence-corrected chi connectivity index (χ3v) is 5.41. The topological polar surface area (TPSA) is 93.5 Å². The highest BCUT2D eigenvalue weighted by atomic mass is 16.5. The fourth-order valence-corrected chi connectivity index (χ4v) is 3.97. The van der Waals surface area contributed by atoms with Crippen LogP contribution in [0.2, 0.25) is 0 Å². The van der Waals surface area contributed by atoms with Crippen LogP contribution in [0.1, 0.15) is 31.4 Å². The molecule has 8 heteroatoms. The van der Waals surface area contributed by atoms with Crippen LogP contribution in [0.5, 0.6) is 0 Å². The molecule has 3 aromatic heterocycles. The summed E-state index contributed by atoms with van der Waals surface area (Å²) in [5.41, 5.74) is 2.80. The zero-order valence-electron chi connectivity index (χ0n) is 14.2. The van der Waals surface area contributed by atoms with E-state index >= 15 is 0 Å². The van der Waals surface area contributed by atoms with Gasteiger partial charge >= 0.3 is 0 Å². The summed E-state index contributed by atoms with van der Waals surface area (Å²) in [5, 5.41) is 14.8. The molecule has 0 atom stereocenters. The van der Waals surface area contributed by atoms with E-state index in [0.717, 1.165) is 48.7 Å². The highest BCUT2D eigenvalue weighted by Crippen LogP contribution is 2.44. The number of anilines is 2. The lowest BCUT2D eigenvalue weighted by Gasteiger charge is -2.46. The number of aromatic amines is 1. The number of fused-ring (bicyclic) bond motifs is 4. The van der Waals surface area contributed by atoms with E-state index in [-0.39, 0.29) is 5.41 Å². The number of rotatable bonds is 4. The number of aryl methyl sites for hydroxylation is 1. The van der Waals surface area contributed by atoms with Crippen molar-refractivity contribution >= 4 is 22.8 Å². The molecule has 2 N–H and O–H groups in total. The van der Waals surface area contributed by atoms with Gasteiger partial charge in [-0.1, -0.05) is 0 Å². The third kappa shape index (κ3) is 2.66. The number of nitrogens with one attached hydrogen (secondary N) is 2. The third-order valence-electron chi connectivity index (χ3n) is 5.41.